The van der Waals surface area contributed by atoms with Crippen molar-refractivity contribution in [2.75, 3.05) is 6.61 Å². The van der Waals surface area contributed by atoms with Gasteiger partial charge in [-0.25, -0.2) is 13.8 Å². The fourth-order valence-corrected chi connectivity index (χ4v) is 2.52. The zero-order valence-electron chi connectivity index (χ0n) is 11.6. The SMILES string of the molecule is Cc1cn([C@@H]2O[C@](F)(COP(=O)(O)O)[C@@H](O)[C@H]2O)c(=O)[nH]c1=S. The maximum Gasteiger partial charge on any atom is 0.469 e. The fraction of sp³-hybridized carbons (Fsp3) is 0.600. The normalized spacial score (nSPS) is 31.5. The molecule has 1 aromatic heterocycles. The van der Waals surface area contributed by atoms with E-state index in [0.29, 0.717) is 5.56 Å². The van der Waals surface area contributed by atoms with E-state index >= 15 is 0 Å². The summed E-state index contributed by atoms with van der Waals surface area (Å²) < 4.78 is 34.8. The number of H-pyrrole nitrogens is 1. The summed E-state index contributed by atoms with van der Waals surface area (Å²) in [7, 11) is -5.02. The Bertz CT molecular complexity index is 762. The second kappa shape index (κ2) is 6.15. The summed E-state index contributed by atoms with van der Waals surface area (Å²) in [6, 6.07) is 0. The molecule has 2 rings (SSSR count). The van der Waals surface area contributed by atoms with Gasteiger partial charge in [0.05, 0.1) is 0 Å². The van der Waals surface area contributed by atoms with Crippen LogP contribution in [-0.2, 0) is 13.8 Å². The van der Waals surface area contributed by atoms with E-state index in [-0.39, 0.29) is 4.64 Å². The van der Waals surface area contributed by atoms with E-state index in [1.54, 1.807) is 6.92 Å². The molecule has 4 atom stereocenters. The molecule has 0 amide bonds. The van der Waals surface area contributed by atoms with Crippen LogP contribution in [0.5, 0.6) is 0 Å². The third-order valence-corrected chi connectivity index (χ3v) is 4.11. The molecule has 1 aliphatic rings. The zero-order chi connectivity index (χ0) is 17.6. The first-order valence-electron chi connectivity index (χ1n) is 6.19. The third-order valence-electron chi connectivity index (χ3n) is 3.22. The van der Waals surface area contributed by atoms with E-state index in [0.717, 1.165) is 4.57 Å². The molecule has 1 fully saturated rings. The van der Waals surface area contributed by atoms with Crippen LogP contribution >= 0.6 is 20.0 Å². The van der Waals surface area contributed by atoms with Crippen molar-refractivity contribution in [3.63, 3.8) is 0 Å². The molecule has 0 saturated carbocycles. The maximum atomic E-state index is 14.5. The molecule has 130 valence electrons. The zero-order valence-corrected chi connectivity index (χ0v) is 13.3. The van der Waals surface area contributed by atoms with Crippen LogP contribution in [0.1, 0.15) is 11.8 Å². The van der Waals surface area contributed by atoms with E-state index in [4.69, 9.17) is 26.7 Å². The van der Waals surface area contributed by atoms with Crippen LogP contribution in [0.2, 0.25) is 0 Å². The number of aliphatic hydroxyl groups is 2. The number of hydrogen-bond acceptors (Lipinski definition) is 7. The van der Waals surface area contributed by atoms with Crippen molar-refractivity contribution in [2.24, 2.45) is 0 Å². The number of aliphatic hydroxyl groups excluding tert-OH is 2. The Morgan fingerprint density at radius 3 is 2.74 bits per heavy atom. The van der Waals surface area contributed by atoms with Gasteiger partial charge in [-0.15, -0.1) is 0 Å². The topological polar surface area (TPSA) is 154 Å². The lowest BCUT2D eigenvalue weighted by Gasteiger charge is -2.22. The van der Waals surface area contributed by atoms with Crippen molar-refractivity contribution in [3.05, 3.63) is 26.9 Å². The molecule has 2 heterocycles. The van der Waals surface area contributed by atoms with Crippen LogP contribution in [0, 0.1) is 11.6 Å². The fourth-order valence-electron chi connectivity index (χ4n) is 2.04. The molecule has 1 saturated heterocycles. The van der Waals surface area contributed by atoms with Gasteiger partial charge >= 0.3 is 13.5 Å². The Balaban J connectivity index is 2.33. The number of aromatic nitrogens is 2. The van der Waals surface area contributed by atoms with Crippen LogP contribution in [0.15, 0.2) is 11.0 Å². The lowest BCUT2D eigenvalue weighted by Crippen LogP contribution is -2.42. The number of hydrogen-bond donors (Lipinski definition) is 5. The highest BCUT2D eigenvalue weighted by molar-refractivity contribution is 7.71. The van der Waals surface area contributed by atoms with Gasteiger partial charge in [-0.1, -0.05) is 12.2 Å². The molecule has 0 aliphatic carbocycles. The van der Waals surface area contributed by atoms with Crippen LogP contribution in [0.3, 0.4) is 0 Å². The third kappa shape index (κ3) is 3.75. The largest absolute Gasteiger partial charge is 0.469 e. The van der Waals surface area contributed by atoms with Crippen molar-refractivity contribution in [1.82, 2.24) is 9.55 Å². The molecule has 0 unspecified atom stereocenters. The summed E-state index contributed by atoms with van der Waals surface area (Å²) in [4.78, 5) is 31.3. The van der Waals surface area contributed by atoms with E-state index in [9.17, 15) is 24.0 Å². The molecule has 13 heteroatoms. The number of phosphoric acid groups is 1. The average Bonchev–Trinajstić information content (AvgIpc) is 2.65. The van der Waals surface area contributed by atoms with Gasteiger partial charge in [-0.05, 0) is 6.92 Å². The minimum Gasteiger partial charge on any atom is -0.385 e. The quantitative estimate of drug-likeness (QED) is 0.339. The number of rotatable bonds is 4. The number of phosphoric ester groups is 1. The van der Waals surface area contributed by atoms with Crippen LogP contribution in [0.25, 0.3) is 0 Å². The lowest BCUT2D eigenvalue weighted by molar-refractivity contribution is -0.205. The van der Waals surface area contributed by atoms with Crippen LogP contribution in [-0.4, -0.2) is 54.2 Å². The number of ether oxygens (including phenoxy) is 1. The molecule has 10 nitrogen and oxygen atoms in total. The Morgan fingerprint density at radius 1 is 1.57 bits per heavy atom. The minimum atomic E-state index is -5.02. The summed E-state index contributed by atoms with van der Waals surface area (Å²) in [5.74, 6) is -3.12. The second-order valence-electron chi connectivity index (χ2n) is 4.97. The van der Waals surface area contributed by atoms with E-state index in [1.807, 2.05) is 0 Å². The first kappa shape index (κ1) is 18.4. The smallest absolute Gasteiger partial charge is 0.385 e. The predicted molar refractivity (Wildman–Crippen MR) is 74.6 cm³/mol. The van der Waals surface area contributed by atoms with Gasteiger partial charge in [0.1, 0.15) is 23.5 Å². The molecule has 0 bridgehead atoms. The summed E-state index contributed by atoms with van der Waals surface area (Å²) >= 11 is 4.85. The van der Waals surface area contributed by atoms with Gasteiger partial charge in [0.25, 0.3) is 5.85 Å². The Labute approximate surface area is 133 Å². The number of nitrogens with zero attached hydrogens (tertiary/aromatic N) is 1. The number of halogens is 1. The standard InChI is InChI=1S/C10H14FN2O8PS/c1-4-2-13(9(16)12-7(4)23)8-5(14)6(15)10(11,21-8)3-20-22(17,18)19/h2,5-6,8,14-15H,3H2,1H3,(H,12,16,23)(H2,17,18,19)/t5-,6+,8-,10-/m1/s1. The van der Waals surface area contributed by atoms with Crippen molar-refractivity contribution in [1.29, 1.82) is 0 Å². The lowest BCUT2D eigenvalue weighted by atomic mass is 10.1. The molecular formula is C10H14FN2O8PS. The van der Waals surface area contributed by atoms with Crippen LogP contribution in [0.4, 0.5) is 4.39 Å². The summed E-state index contributed by atoms with van der Waals surface area (Å²) in [5.41, 5.74) is -0.398. The van der Waals surface area contributed by atoms with Crippen molar-refractivity contribution < 1.29 is 38.2 Å². The molecule has 0 spiro atoms. The van der Waals surface area contributed by atoms with Gasteiger partial charge in [0, 0.05) is 11.8 Å². The van der Waals surface area contributed by atoms with Gasteiger partial charge < -0.3 is 24.7 Å². The first-order valence-corrected chi connectivity index (χ1v) is 8.13. The number of alkyl halides is 1. The number of aromatic amines is 1. The first-order chi connectivity index (χ1) is 10.4. The predicted octanol–water partition coefficient (Wildman–Crippen LogP) is -0.760. The highest BCUT2D eigenvalue weighted by atomic mass is 32.1. The summed E-state index contributed by atoms with van der Waals surface area (Å²) in [6.45, 7) is 0.203. The molecule has 1 aliphatic heterocycles. The number of nitrogens with one attached hydrogen (secondary N) is 1. The minimum absolute atomic E-state index is 0.135. The van der Waals surface area contributed by atoms with Crippen LogP contribution < -0.4 is 5.69 Å². The number of aryl methyl sites for hydroxylation is 1. The maximum absolute atomic E-state index is 14.5. The van der Waals surface area contributed by atoms with Gasteiger partial charge in [0.2, 0.25) is 0 Å². The Morgan fingerprint density at radius 2 is 2.17 bits per heavy atom. The van der Waals surface area contributed by atoms with Gasteiger partial charge in [-0.3, -0.25) is 14.1 Å². The molecular weight excluding hydrogens is 358 g/mol. The molecule has 23 heavy (non-hydrogen) atoms. The Hall–Kier alpha value is -0.980. The van der Waals surface area contributed by atoms with E-state index < -0.39 is 44.4 Å². The van der Waals surface area contributed by atoms with Crippen molar-refractivity contribution in [3.8, 4) is 0 Å². The Kier molecular flexibility index (Phi) is 4.91. The van der Waals surface area contributed by atoms with Crippen molar-refractivity contribution >= 4 is 20.0 Å². The highest BCUT2D eigenvalue weighted by Gasteiger charge is 2.57. The molecule has 1 aromatic rings. The van der Waals surface area contributed by atoms with E-state index in [1.165, 1.54) is 6.20 Å². The van der Waals surface area contributed by atoms with Gasteiger partial charge in [0.15, 0.2) is 6.23 Å². The monoisotopic (exact) mass is 372 g/mol. The molecule has 5 N–H and O–H groups in total. The van der Waals surface area contributed by atoms with Gasteiger partial charge in [-0.2, -0.15) is 0 Å². The summed E-state index contributed by atoms with van der Waals surface area (Å²) in [6.07, 6.45) is -4.54. The highest BCUT2D eigenvalue weighted by Crippen LogP contribution is 2.43. The van der Waals surface area contributed by atoms with Crippen molar-refractivity contribution in [2.45, 2.75) is 31.2 Å². The van der Waals surface area contributed by atoms with E-state index in [2.05, 4.69) is 9.51 Å². The molecule has 0 aromatic carbocycles. The molecule has 0 radical (unpaired) electrons. The second-order valence-corrected chi connectivity index (χ2v) is 6.62. The average molecular weight is 372 g/mol. The summed E-state index contributed by atoms with van der Waals surface area (Å²) in [5, 5.41) is 19.6.